The van der Waals surface area contributed by atoms with E-state index in [2.05, 4.69) is 51.1 Å². The van der Waals surface area contributed by atoms with Gasteiger partial charge in [0.25, 0.3) is 0 Å². The minimum Gasteiger partial charge on any atom is -0.256 e. The Morgan fingerprint density at radius 1 is 0.676 bits per heavy atom. The largest absolute Gasteiger partial charge is 0.417 e. The summed E-state index contributed by atoms with van der Waals surface area (Å²) in [6.45, 7) is 6.65. The van der Waals surface area contributed by atoms with Crippen molar-refractivity contribution in [2.24, 2.45) is 0 Å². The summed E-state index contributed by atoms with van der Waals surface area (Å²) in [5, 5.41) is 4.43. The van der Waals surface area contributed by atoms with Crippen LogP contribution in [0.25, 0.3) is 53.3 Å². The molecule has 4 aromatic carbocycles. The first-order chi connectivity index (χ1) is 17.6. The zero-order valence-electron chi connectivity index (χ0n) is 20.6. The summed E-state index contributed by atoms with van der Waals surface area (Å²) in [5.74, 6) is 0. The Morgan fingerprint density at radius 2 is 1.43 bits per heavy atom. The fourth-order valence-electron chi connectivity index (χ4n) is 5.16. The first kappa shape index (κ1) is 23.7. The van der Waals surface area contributed by atoms with Crippen LogP contribution in [0.4, 0.5) is 13.2 Å². The van der Waals surface area contributed by atoms with Crippen molar-refractivity contribution in [1.82, 2.24) is 4.98 Å². The van der Waals surface area contributed by atoms with E-state index in [-0.39, 0.29) is 11.0 Å². The Morgan fingerprint density at radius 3 is 2.22 bits per heavy atom. The standard InChI is InChI=1S/C32H24F3NS/c1-31(2,3)26-17-21(16-19-8-4-5-10-23(19)26)30-29-24-13-12-20(18-28(24)37-27(29)14-15-36-30)22-9-6-7-11-25(22)32(33,34)35/h4-18H,1-3H3. The van der Waals surface area contributed by atoms with Gasteiger partial charge < -0.3 is 0 Å². The second-order valence-electron chi connectivity index (χ2n) is 10.4. The molecule has 0 fully saturated rings. The summed E-state index contributed by atoms with van der Waals surface area (Å²) in [7, 11) is 0. The van der Waals surface area contributed by atoms with Gasteiger partial charge in [-0.2, -0.15) is 13.2 Å². The molecule has 0 spiro atoms. The second kappa shape index (κ2) is 8.42. The summed E-state index contributed by atoms with van der Waals surface area (Å²) in [4.78, 5) is 4.81. The van der Waals surface area contributed by atoms with Crippen LogP contribution in [-0.4, -0.2) is 4.98 Å². The van der Waals surface area contributed by atoms with E-state index in [1.54, 1.807) is 23.5 Å². The molecule has 0 saturated carbocycles. The highest BCUT2D eigenvalue weighted by Crippen LogP contribution is 2.44. The van der Waals surface area contributed by atoms with E-state index >= 15 is 0 Å². The van der Waals surface area contributed by atoms with Gasteiger partial charge in [0, 0.05) is 31.9 Å². The van der Waals surface area contributed by atoms with Crippen LogP contribution in [-0.2, 0) is 11.6 Å². The highest BCUT2D eigenvalue weighted by atomic mass is 32.1. The molecule has 0 unspecified atom stereocenters. The Balaban J connectivity index is 1.58. The SMILES string of the molecule is CC(C)(C)c1cc(-c2nccc3sc4cc(-c5ccccc5C(F)(F)F)ccc4c23)cc2ccccc12. The number of rotatable bonds is 2. The Hall–Kier alpha value is -3.70. The number of fused-ring (bicyclic) bond motifs is 4. The Labute approximate surface area is 217 Å². The predicted molar refractivity (Wildman–Crippen MR) is 149 cm³/mol. The lowest BCUT2D eigenvalue weighted by molar-refractivity contribution is -0.137. The molecule has 5 heteroatoms. The summed E-state index contributed by atoms with van der Waals surface area (Å²) in [6, 6.07) is 26.2. The molecule has 184 valence electrons. The van der Waals surface area contributed by atoms with Crippen molar-refractivity contribution < 1.29 is 13.2 Å². The highest BCUT2D eigenvalue weighted by molar-refractivity contribution is 7.26. The average molecular weight is 512 g/mol. The van der Waals surface area contributed by atoms with Crippen LogP contribution < -0.4 is 0 Å². The topological polar surface area (TPSA) is 12.9 Å². The van der Waals surface area contributed by atoms with E-state index in [1.807, 2.05) is 30.5 Å². The molecule has 0 aliphatic rings. The number of thiophene rings is 1. The van der Waals surface area contributed by atoms with E-state index < -0.39 is 11.7 Å². The lowest BCUT2D eigenvalue weighted by Gasteiger charge is -2.23. The minimum absolute atomic E-state index is 0.0546. The smallest absolute Gasteiger partial charge is 0.256 e. The van der Waals surface area contributed by atoms with Crippen molar-refractivity contribution in [2.75, 3.05) is 0 Å². The predicted octanol–water partition coefficient (Wildman–Crippen LogP) is 10.3. The lowest BCUT2D eigenvalue weighted by atomic mass is 9.82. The lowest BCUT2D eigenvalue weighted by Crippen LogP contribution is -2.12. The molecule has 0 N–H and O–H groups in total. The number of nitrogens with zero attached hydrogens (tertiary/aromatic N) is 1. The number of alkyl halides is 3. The number of aromatic nitrogens is 1. The molecule has 2 heterocycles. The quantitative estimate of drug-likeness (QED) is 0.225. The number of halogens is 3. The molecule has 0 bridgehead atoms. The zero-order valence-corrected chi connectivity index (χ0v) is 21.5. The van der Waals surface area contributed by atoms with Crippen LogP contribution in [0, 0.1) is 0 Å². The van der Waals surface area contributed by atoms with Gasteiger partial charge in [-0.3, -0.25) is 4.98 Å². The van der Waals surface area contributed by atoms with E-state index in [0.717, 1.165) is 42.9 Å². The van der Waals surface area contributed by atoms with E-state index in [9.17, 15) is 13.2 Å². The second-order valence-corrected chi connectivity index (χ2v) is 11.5. The van der Waals surface area contributed by atoms with Crippen LogP contribution in [0.15, 0.2) is 91.1 Å². The molecule has 0 aliphatic heterocycles. The normalized spacial score (nSPS) is 12.6. The van der Waals surface area contributed by atoms with Crippen LogP contribution in [0.5, 0.6) is 0 Å². The van der Waals surface area contributed by atoms with Crippen molar-refractivity contribution >= 4 is 42.3 Å². The van der Waals surface area contributed by atoms with Crippen LogP contribution in [0.1, 0.15) is 31.9 Å². The van der Waals surface area contributed by atoms with Gasteiger partial charge in [0.2, 0.25) is 0 Å². The third kappa shape index (κ3) is 4.08. The first-order valence-electron chi connectivity index (χ1n) is 12.1. The molecule has 6 rings (SSSR count). The summed E-state index contributed by atoms with van der Waals surface area (Å²) < 4.78 is 43.0. The highest BCUT2D eigenvalue weighted by Gasteiger charge is 2.33. The number of hydrogen-bond acceptors (Lipinski definition) is 2. The summed E-state index contributed by atoms with van der Waals surface area (Å²) in [6.07, 6.45) is -2.59. The maximum absolute atomic E-state index is 13.7. The van der Waals surface area contributed by atoms with Gasteiger partial charge in [0.05, 0.1) is 11.3 Å². The molecule has 0 radical (unpaired) electrons. The zero-order chi connectivity index (χ0) is 25.9. The Kier molecular flexibility index (Phi) is 5.39. The van der Waals surface area contributed by atoms with Crippen molar-refractivity contribution in [3.05, 3.63) is 102 Å². The van der Waals surface area contributed by atoms with E-state index in [1.165, 1.54) is 23.1 Å². The molecule has 0 atom stereocenters. The molecular formula is C32H24F3NS. The molecule has 6 aromatic rings. The third-order valence-corrected chi connectivity index (χ3v) is 7.99. The monoisotopic (exact) mass is 511 g/mol. The van der Waals surface area contributed by atoms with Crippen LogP contribution in [0.3, 0.4) is 0 Å². The van der Waals surface area contributed by atoms with Crippen molar-refractivity contribution in [2.45, 2.75) is 32.4 Å². The van der Waals surface area contributed by atoms with Gasteiger partial charge in [-0.1, -0.05) is 75.4 Å². The molecule has 2 aromatic heterocycles. The Bertz CT molecular complexity index is 1810. The molecule has 0 aliphatic carbocycles. The summed E-state index contributed by atoms with van der Waals surface area (Å²) >= 11 is 1.58. The van der Waals surface area contributed by atoms with E-state index in [0.29, 0.717) is 5.56 Å². The third-order valence-electron chi connectivity index (χ3n) is 6.87. The van der Waals surface area contributed by atoms with Gasteiger partial charge >= 0.3 is 6.18 Å². The number of hydrogen-bond donors (Lipinski definition) is 0. The molecule has 37 heavy (non-hydrogen) atoms. The first-order valence-corrected chi connectivity index (χ1v) is 12.9. The van der Waals surface area contributed by atoms with Crippen LogP contribution >= 0.6 is 11.3 Å². The molecule has 1 nitrogen and oxygen atoms in total. The van der Waals surface area contributed by atoms with Crippen molar-refractivity contribution in [3.63, 3.8) is 0 Å². The maximum atomic E-state index is 13.7. The van der Waals surface area contributed by atoms with Crippen molar-refractivity contribution in [3.8, 4) is 22.4 Å². The number of pyridine rings is 1. The van der Waals surface area contributed by atoms with Gasteiger partial charge in [0.1, 0.15) is 0 Å². The summed E-state index contributed by atoms with van der Waals surface area (Å²) in [5.41, 5.74) is 3.26. The van der Waals surface area contributed by atoms with Crippen LogP contribution in [0.2, 0.25) is 0 Å². The maximum Gasteiger partial charge on any atom is 0.417 e. The van der Waals surface area contributed by atoms with E-state index in [4.69, 9.17) is 4.98 Å². The fourth-order valence-corrected chi connectivity index (χ4v) is 6.30. The fraction of sp³-hybridized carbons (Fsp3) is 0.156. The van der Waals surface area contributed by atoms with Gasteiger partial charge in [-0.15, -0.1) is 11.3 Å². The molecule has 0 amide bonds. The van der Waals surface area contributed by atoms with Crippen molar-refractivity contribution in [1.29, 1.82) is 0 Å². The molecule has 0 saturated heterocycles. The van der Waals surface area contributed by atoms with Gasteiger partial charge in [0.15, 0.2) is 0 Å². The number of benzene rings is 4. The average Bonchev–Trinajstić information content (AvgIpc) is 3.25. The van der Waals surface area contributed by atoms with Gasteiger partial charge in [-0.25, -0.2) is 0 Å². The molecular weight excluding hydrogens is 487 g/mol. The minimum atomic E-state index is -4.41. The van der Waals surface area contributed by atoms with Gasteiger partial charge in [-0.05, 0) is 63.2 Å².